The number of hydrogen-bond donors (Lipinski definition) is 1. The van der Waals surface area contributed by atoms with E-state index in [1.807, 2.05) is 6.07 Å². The minimum Gasteiger partial charge on any atom is -0.389 e. The van der Waals surface area contributed by atoms with Crippen LogP contribution in [0.4, 0.5) is 0 Å². The number of benzene rings is 1. The quantitative estimate of drug-likeness (QED) is 0.858. The Kier molecular flexibility index (Phi) is 4.58. The molecule has 1 heterocycles. The van der Waals surface area contributed by atoms with Crippen molar-refractivity contribution in [3.8, 4) is 0 Å². The van der Waals surface area contributed by atoms with E-state index in [0.29, 0.717) is 17.1 Å². The summed E-state index contributed by atoms with van der Waals surface area (Å²) < 4.78 is 0. The predicted octanol–water partition coefficient (Wildman–Crippen LogP) is 3.39. The van der Waals surface area contributed by atoms with Gasteiger partial charge in [-0.1, -0.05) is 30.8 Å². The fraction of sp³-hybridized carbons (Fsp3) is 0.562. The summed E-state index contributed by atoms with van der Waals surface area (Å²) in [6.45, 7) is 7.87. The van der Waals surface area contributed by atoms with Crippen LogP contribution in [0.5, 0.6) is 0 Å². The van der Waals surface area contributed by atoms with Crippen LogP contribution in [0.25, 0.3) is 0 Å². The first kappa shape index (κ1) is 14.5. The number of piperidine rings is 1. The number of hydrogen-bond acceptors (Lipinski definition) is 2. The van der Waals surface area contributed by atoms with Gasteiger partial charge in [-0.15, -0.1) is 0 Å². The zero-order chi connectivity index (χ0) is 14.0. The Hall–Kier alpha value is -0.930. The Labute approximate surface area is 122 Å². The lowest BCUT2D eigenvalue weighted by Gasteiger charge is -2.39. The van der Waals surface area contributed by atoms with E-state index in [4.69, 9.17) is 18.0 Å². The maximum atomic E-state index is 5.68. The normalized spacial score (nSPS) is 24.4. The van der Waals surface area contributed by atoms with Gasteiger partial charge in [0, 0.05) is 24.2 Å². The summed E-state index contributed by atoms with van der Waals surface area (Å²) in [5, 5.41) is 0. The highest BCUT2D eigenvalue weighted by Gasteiger charge is 2.24. The Morgan fingerprint density at radius 2 is 1.95 bits per heavy atom. The van der Waals surface area contributed by atoms with Gasteiger partial charge >= 0.3 is 0 Å². The van der Waals surface area contributed by atoms with Gasteiger partial charge in [0.25, 0.3) is 0 Å². The standard InChI is InChI=1S/C16H24N2S/c1-11-9-14(16(17)19)7-8-15(11)10-18-12(2)5-4-6-13(18)3/h7-9,12-13H,4-6,10H2,1-3H3,(H2,17,19)/t12-,13+. The number of aryl methyl sites for hydroxylation is 1. The van der Waals surface area contributed by atoms with Gasteiger partial charge < -0.3 is 5.73 Å². The molecule has 2 atom stereocenters. The first-order valence-corrected chi connectivity index (χ1v) is 7.55. The molecule has 0 aromatic heterocycles. The van der Waals surface area contributed by atoms with Crippen LogP contribution < -0.4 is 5.73 Å². The summed E-state index contributed by atoms with van der Waals surface area (Å²) >= 11 is 5.03. The second kappa shape index (κ2) is 6.02. The van der Waals surface area contributed by atoms with Crippen molar-refractivity contribution >= 4 is 17.2 Å². The molecule has 1 aliphatic rings. The minimum absolute atomic E-state index is 0.481. The van der Waals surface area contributed by atoms with Crippen molar-refractivity contribution in [2.45, 2.75) is 58.7 Å². The number of rotatable bonds is 3. The number of nitrogens with two attached hydrogens (primary N) is 1. The molecule has 1 aromatic rings. The first-order chi connectivity index (χ1) is 8.99. The zero-order valence-electron chi connectivity index (χ0n) is 12.1. The average Bonchev–Trinajstić information content (AvgIpc) is 2.35. The monoisotopic (exact) mass is 276 g/mol. The van der Waals surface area contributed by atoms with Gasteiger partial charge in [0.05, 0.1) is 0 Å². The third-order valence-electron chi connectivity index (χ3n) is 4.36. The number of nitrogens with zero attached hydrogens (tertiary/aromatic N) is 1. The van der Waals surface area contributed by atoms with E-state index in [1.165, 1.54) is 30.4 Å². The topological polar surface area (TPSA) is 29.3 Å². The van der Waals surface area contributed by atoms with E-state index < -0.39 is 0 Å². The minimum atomic E-state index is 0.481. The van der Waals surface area contributed by atoms with Crippen molar-refractivity contribution in [3.05, 3.63) is 34.9 Å². The summed E-state index contributed by atoms with van der Waals surface area (Å²) in [6.07, 6.45) is 3.99. The van der Waals surface area contributed by atoms with Crippen LogP contribution in [0, 0.1) is 6.92 Å². The number of likely N-dealkylation sites (tertiary alicyclic amines) is 1. The van der Waals surface area contributed by atoms with Crippen molar-refractivity contribution in [1.29, 1.82) is 0 Å². The molecule has 1 aromatic carbocycles. The predicted molar refractivity (Wildman–Crippen MR) is 85.4 cm³/mol. The zero-order valence-corrected chi connectivity index (χ0v) is 13.0. The third kappa shape index (κ3) is 3.34. The van der Waals surface area contributed by atoms with Gasteiger partial charge in [-0.2, -0.15) is 0 Å². The molecule has 19 heavy (non-hydrogen) atoms. The lowest BCUT2D eigenvalue weighted by molar-refractivity contribution is 0.0951. The Morgan fingerprint density at radius 1 is 1.32 bits per heavy atom. The fourth-order valence-electron chi connectivity index (χ4n) is 3.01. The summed E-state index contributed by atoms with van der Waals surface area (Å²) in [5.74, 6) is 0. The molecule has 1 saturated heterocycles. The molecule has 0 radical (unpaired) electrons. The van der Waals surface area contributed by atoms with Crippen LogP contribution in [0.3, 0.4) is 0 Å². The summed E-state index contributed by atoms with van der Waals surface area (Å²) in [7, 11) is 0. The van der Waals surface area contributed by atoms with E-state index in [0.717, 1.165) is 12.1 Å². The van der Waals surface area contributed by atoms with Crippen LogP contribution >= 0.6 is 12.2 Å². The molecule has 3 heteroatoms. The van der Waals surface area contributed by atoms with Crippen LogP contribution in [-0.2, 0) is 6.54 Å². The smallest absolute Gasteiger partial charge is 0.103 e. The van der Waals surface area contributed by atoms with Crippen LogP contribution in [0.1, 0.15) is 49.8 Å². The van der Waals surface area contributed by atoms with Crippen LogP contribution in [-0.4, -0.2) is 22.0 Å². The second-order valence-corrected chi connectivity index (χ2v) is 6.25. The third-order valence-corrected chi connectivity index (χ3v) is 4.59. The van der Waals surface area contributed by atoms with E-state index in [-0.39, 0.29) is 0 Å². The molecule has 104 valence electrons. The molecule has 1 fully saturated rings. The Morgan fingerprint density at radius 3 is 2.47 bits per heavy atom. The first-order valence-electron chi connectivity index (χ1n) is 7.14. The molecule has 0 unspecified atom stereocenters. The Bertz CT molecular complexity index is 460. The number of thiocarbonyl (C=S) groups is 1. The lowest BCUT2D eigenvalue weighted by atomic mass is 9.95. The largest absolute Gasteiger partial charge is 0.389 e. The van der Waals surface area contributed by atoms with Crippen molar-refractivity contribution in [2.75, 3.05) is 0 Å². The van der Waals surface area contributed by atoms with Crippen molar-refractivity contribution < 1.29 is 0 Å². The van der Waals surface area contributed by atoms with Gasteiger partial charge in [0.1, 0.15) is 4.99 Å². The molecule has 2 nitrogen and oxygen atoms in total. The molecule has 2 N–H and O–H groups in total. The van der Waals surface area contributed by atoms with Crippen molar-refractivity contribution in [3.63, 3.8) is 0 Å². The fourth-order valence-corrected chi connectivity index (χ4v) is 3.14. The summed E-state index contributed by atoms with van der Waals surface area (Å²) in [4.78, 5) is 3.10. The van der Waals surface area contributed by atoms with E-state index in [1.54, 1.807) is 0 Å². The molecule has 1 aliphatic heterocycles. The second-order valence-electron chi connectivity index (χ2n) is 5.81. The van der Waals surface area contributed by atoms with Gasteiger partial charge in [0.15, 0.2) is 0 Å². The SMILES string of the molecule is Cc1cc(C(N)=S)ccc1CN1[C@H](C)CCC[C@@H]1C. The van der Waals surface area contributed by atoms with Crippen LogP contribution in [0.2, 0.25) is 0 Å². The maximum Gasteiger partial charge on any atom is 0.103 e. The van der Waals surface area contributed by atoms with E-state index >= 15 is 0 Å². The summed E-state index contributed by atoms with van der Waals surface area (Å²) in [6, 6.07) is 7.69. The molecule has 0 aliphatic carbocycles. The van der Waals surface area contributed by atoms with Gasteiger partial charge in [-0.3, -0.25) is 4.90 Å². The highest BCUT2D eigenvalue weighted by atomic mass is 32.1. The molecular weight excluding hydrogens is 252 g/mol. The van der Waals surface area contributed by atoms with E-state index in [9.17, 15) is 0 Å². The molecule has 0 saturated carbocycles. The van der Waals surface area contributed by atoms with Crippen molar-refractivity contribution in [2.24, 2.45) is 5.73 Å². The highest BCUT2D eigenvalue weighted by molar-refractivity contribution is 7.80. The Balaban J connectivity index is 2.16. The highest BCUT2D eigenvalue weighted by Crippen LogP contribution is 2.25. The molecule has 0 amide bonds. The van der Waals surface area contributed by atoms with Crippen molar-refractivity contribution in [1.82, 2.24) is 4.90 Å². The average molecular weight is 276 g/mol. The summed E-state index contributed by atoms with van der Waals surface area (Å²) in [5.41, 5.74) is 9.33. The van der Waals surface area contributed by atoms with Gasteiger partial charge in [-0.05, 0) is 50.8 Å². The van der Waals surface area contributed by atoms with Crippen LogP contribution in [0.15, 0.2) is 18.2 Å². The van der Waals surface area contributed by atoms with Gasteiger partial charge in [-0.25, -0.2) is 0 Å². The lowest BCUT2D eigenvalue weighted by Crippen LogP contribution is -2.43. The van der Waals surface area contributed by atoms with Gasteiger partial charge in [0.2, 0.25) is 0 Å². The molecular formula is C16H24N2S. The molecule has 2 rings (SSSR count). The van der Waals surface area contributed by atoms with E-state index in [2.05, 4.69) is 37.8 Å². The molecule has 0 spiro atoms. The maximum absolute atomic E-state index is 5.68. The molecule has 0 bridgehead atoms.